The number of carbonyl (C=O) groups is 2. The van der Waals surface area contributed by atoms with E-state index in [-0.39, 0.29) is 16.9 Å². The summed E-state index contributed by atoms with van der Waals surface area (Å²) in [5.74, 6) is -1.01. The fraction of sp³-hybridized carbons (Fsp3) is 0.263. The minimum atomic E-state index is -4.67. The largest absolute Gasteiger partial charge is 0.484 e. The van der Waals surface area contributed by atoms with E-state index >= 15 is 0 Å². The van der Waals surface area contributed by atoms with Gasteiger partial charge in [-0.3, -0.25) is 4.79 Å². The van der Waals surface area contributed by atoms with Crippen molar-refractivity contribution in [1.29, 1.82) is 0 Å². The summed E-state index contributed by atoms with van der Waals surface area (Å²) in [6.45, 7) is 2.92. The molecule has 0 spiro atoms. The fourth-order valence-corrected chi connectivity index (χ4v) is 2.34. The van der Waals surface area contributed by atoms with Gasteiger partial charge in [-0.05, 0) is 56.3 Å². The highest BCUT2D eigenvalue weighted by Gasteiger charge is 2.34. The SMILES string of the molecule is CC(C)OC(=O)c1ccc(OCC(=O)Nc2ccc(Cl)cc2C(F)(F)F)cc1. The van der Waals surface area contributed by atoms with Gasteiger partial charge < -0.3 is 14.8 Å². The molecule has 0 fully saturated rings. The maximum Gasteiger partial charge on any atom is 0.418 e. The summed E-state index contributed by atoms with van der Waals surface area (Å²) in [5.41, 5.74) is -1.17. The highest BCUT2D eigenvalue weighted by Crippen LogP contribution is 2.36. The Hall–Kier alpha value is -2.74. The van der Waals surface area contributed by atoms with Gasteiger partial charge >= 0.3 is 12.1 Å². The summed E-state index contributed by atoms with van der Waals surface area (Å²) in [7, 11) is 0. The van der Waals surface area contributed by atoms with Crippen molar-refractivity contribution in [3.05, 3.63) is 58.6 Å². The maximum atomic E-state index is 13.0. The molecule has 0 atom stereocenters. The Balaban J connectivity index is 1.97. The normalized spacial score (nSPS) is 11.2. The van der Waals surface area contributed by atoms with E-state index in [1.165, 1.54) is 30.3 Å². The van der Waals surface area contributed by atoms with Crippen LogP contribution in [0.4, 0.5) is 18.9 Å². The molecule has 0 heterocycles. The first-order chi connectivity index (χ1) is 13.1. The number of amides is 1. The molecule has 2 aromatic carbocycles. The summed E-state index contributed by atoms with van der Waals surface area (Å²) in [5, 5.41) is 2.05. The van der Waals surface area contributed by atoms with Gasteiger partial charge in [0, 0.05) is 5.02 Å². The molecule has 150 valence electrons. The molecule has 0 aliphatic carbocycles. The fourth-order valence-electron chi connectivity index (χ4n) is 2.16. The number of alkyl halides is 3. The number of carbonyl (C=O) groups excluding carboxylic acids is 2. The Kier molecular flexibility index (Phi) is 6.90. The lowest BCUT2D eigenvalue weighted by Gasteiger charge is -2.14. The third-order valence-electron chi connectivity index (χ3n) is 3.36. The van der Waals surface area contributed by atoms with Crippen LogP contribution in [0, 0.1) is 0 Å². The third kappa shape index (κ3) is 6.16. The van der Waals surface area contributed by atoms with Gasteiger partial charge in [-0.1, -0.05) is 11.6 Å². The van der Waals surface area contributed by atoms with Gasteiger partial charge in [0.2, 0.25) is 0 Å². The standard InChI is InChI=1S/C19H17ClF3NO4/c1-11(2)28-18(26)12-3-6-14(7-4-12)27-10-17(25)24-16-8-5-13(20)9-15(16)19(21,22)23/h3-9,11H,10H2,1-2H3,(H,24,25). The van der Waals surface area contributed by atoms with Crippen molar-refractivity contribution in [3.63, 3.8) is 0 Å². The number of hydrogen-bond acceptors (Lipinski definition) is 4. The van der Waals surface area contributed by atoms with Crippen LogP contribution >= 0.6 is 11.6 Å². The topological polar surface area (TPSA) is 64.6 Å². The number of nitrogens with one attached hydrogen (secondary N) is 1. The molecule has 0 radical (unpaired) electrons. The highest BCUT2D eigenvalue weighted by molar-refractivity contribution is 6.30. The predicted molar refractivity (Wildman–Crippen MR) is 97.6 cm³/mol. The van der Waals surface area contributed by atoms with E-state index < -0.39 is 35.9 Å². The van der Waals surface area contributed by atoms with Crippen LogP contribution in [0.5, 0.6) is 5.75 Å². The molecule has 0 bridgehead atoms. The van der Waals surface area contributed by atoms with Crippen LogP contribution in [-0.2, 0) is 15.7 Å². The van der Waals surface area contributed by atoms with Gasteiger partial charge in [0.05, 0.1) is 22.9 Å². The van der Waals surface area contributed by atoms with Crippen molar-refractivity contribution in [2.45, 2.75) is 26.1 Å². The number of esters is 1. The molecule has 0 saturated carbocycles. The average Bonchev–Trinajstić information content (AvgIpc) is 2.60. The Bertz CT molecular complexity index is 851. The van der Waals surface area contributed by atoms with Gasteiger partial charge in [0.15, 0.2) is 6.61 Å². The summed E-state index contributed by atoms with van der Waals surface area (Å²) in [6.07, 6.45) is -4.93. The van der Waals surface area contributed by atoms with Gasteiger partial charge in [-0.2, -0.15) is 13.2 Å². The number of halogens is 4. The second-order valence-electron chi connectivity index (χ2n) is 6.00. The van der Waals surface area contributed by atoms with Gasteiger partial charge in [-0.15, -0.1) is 0 Å². The first-order valence-electron chi connectivity index (χ1n) is 8.16. The molecule has 0 unspecified atom stereocenters. The van der Waals surface area contributed by atoms with Crippen molar-refractivity contribution in [3.8, 4) is 5.75 Å². The molecule has 2 rings (SSSR count). The zero-order valence-corrected chi connectivity index (χ0v) is 15.7. The van der Waals surface area contributed by atoms with Crippen LogP contribution in [0.2, 0.25) is 5.02 Å². The number of ether oxygens (including phenoxy) is 2. The second-order valence-corrected chi connectivity index (χ2v) is 6.44. The second kappa shape index (κ2) is 8.97. The Morgan fingerprint density at radius 2 is 1.75 bits per heavy atom. The lowest BCUT2D eigenvalue weighted by Crippen LogP contribution is -2.22. The number of benzene rings is 2. The van der Waals surface area contributed by atoms with E-state index in [0.717, 1.165) is 12.1 Å². The van der Waals surface area contributed by atoms with Crippen LogP contribution in [0.3, 0.4) is 0 Å². The highest BCUT2D eigenvalue weighted by atomic mass is 35.5. The molecule has 0 aromatic heterocycles. The monoisotopic (exact) mass is 415 g/mol. The minimum absolute atomic E-state index is 0.0994. The Labute approximate surface area is 164 Å². The van der Waals surface area contributed by atoms with Gasteiger partial charge in [0.25, 0.3) is 5.91 Å². The first-order valence-corrected chi connectivity index (χ1v) is 8.54. The van der Waals surface area contributed by atoms with Crippen molar-refractivity contribution in [2.75, 3.05) is 11.9 Å². The smallest absolute Gasteiger partial charge is 0.418 e. The average molecular weight is 416 g/mol. The molecule has 2 aromatic rings. The van der Waals surface area contributed by atoms with Gasteiger partial charge in [-0.25, -0.2) is 4.79 Å². The molecule has 5 nitrogen and oxygen atoms in total. The van der Waals surface area contributed by atoms with Crippen LogP contribution in [-0.4, -0.2) is 24.6 Å². The maximum absolute atomic E-state index is 13.0. The van der Waals surface area contributed by atoms with Crippen molar-refractivity contribution in [1.82, 2.24) is 0 Å². The molecule has 1 amide bonds. The van der Waals surface area contributed by atoms with Gasteiger partial charge in [0.1, 0.15) is 5.75 Å². The molecule has 0 saturated heterocycles. The van der Waals surface area contributed by atoms with E-state index in [1.807, 2.05) is 0 Å². The van der Waals surface area contributed by atoms with Crippen LogP contribution < -0.4 is 10.1 Å². The lowest BCUT2D eigenvalue weighted by molar-refractivity contribution is -0.137. The Morgan fingerprint density at radius 1 is 1.11 bits per heavy atom. The Morgan fingerprint density at radius 3 is 2.32 bits per heavy atom. The molecular formula is C19H17ClF3NO4. The van der Waals surface area contributed by atoms with Crippen molar-refractivity contribution >= 4 is 29.2 Å². The lowest BCUT2D eigenvalue weighted by atomic mass is 10.1. The summed E-state index contributed by atoms with van der Waals surface area (Å²) < 4.78 is 49.4. The van der Waals surface area contributed by atoms with E-state index in [4.69, 9.17) is 21.1 Å². The predicted octanol–water partition coefficient (Wildman–Crippen LogP) is 4.94. The van der Waals surface area contributed by atoms with Crippen molar-refractivity contribution in [2.24, 2.45) is 0 Å². The van der Waals surface area contributed by atoms with E-state index in [9.17, 15) is 22.8 Å². The van der Waals surface area contributed by atoms with Crippen molar-refractivity contribution < 1.29 is 32.2 Å². The minimum Gasteiger partial charge on any atom is -0.484 e. The van der Waals surface area contributed by atoms with Crippen LogP contribution in [0.1, 0.15) is 29.8 Å². The molecule has 28 heavy (non-hydrogen) atoms. The zero-order valence-electron chi connectivity index (χ0n) is 15.0. The van der Waals surface area contributed by atoms with E-state index in [1.54, 1.807) is 13.8 Å². The first kappa shape index (κ1) is 21.6. The molecule has 9 heteroatoms. The van der Waals surface area contributed by atoms with Crippen LogP contribution in [0.15, 0.2) is 42.5 Å². The molecular weight excluding hydrogens is 399 g/mol. The molecule has 0 aliphatic rings. The quantitative estimate of drug-likeness (QED) is 0.678. The number of hydrogen-bond donors (Lipinski definition) is 1. The summed E-state index contributed by atoms with van der Waals surface area (Å²) >= 11 is 5.59. The molecule has 1 N–H and O–H groups in total. The number of anilines is 1. The number of rotatable bonds is 6. The van der Waals surface area contributed by atoms with Crippen LogP contribution in [0.25, 0.3) is 0 Å². The zero-order chi connectivity index (χ0) is 20.9. The summed E-state index contributed by atoms with van der Waals surface area (Å²) in [4.78, 5) is 23.7. The van der Waals surface area contributed by atoms with E-state index in [2.05, 4.69) is 5.32 Å². The summed E-state index contributed by atoms with van der Waals surface area (Å²) in [6, 6.07) is 8.85. The van der Waals surface area contributed by atoms with E-state index in [0.29, 0.717) is 5.56 Å². The molecule has 0 aliphatic heterocycles. The third-order valence-corrected chi connectivity index (χ3v) is 3.60.